The van der Waals surface area contributed by atoms with Gasteiger partial charge in [0.25, 0.3) is 0 Å². The maximum Gasteiger partial charge on any atom is 0.246 e. The summed E-state index contributed by atoms with van der Waals surface area (Å²) in [4.78, 5) is 14.8. The van der Waals surface area contributed by atoms with E-state index < -0.39 is 0 Å². The molecular formula is C20H23NOS. The Kier molecular flexibility index (Phi) is 5.29. The van der Waals surface area contributed by atoms with Gasteiger partial charge in [0.05, 0.1) is 0 Å². The van der Waals surface area contributed by atoms with Crippen LogP contribution in [0.15, 0.2) is 47.2 Å². The summed E-state index contributed by atoms with van der Waals surface area (Å²) >= 11 is 1.65. The molecule has 2 nitrogen and oxygen atoms in total. The monoisotopic (exact) mass is 325 g/mol. The summed E-state index contributed by atoms with van der Waals surface area (Å²) in [5.74, 6) is 0.141. The molecule has 1 heterocycles. The van der Waals surface area contributed by atoms with E-state index in [1.165, 1.54) is 11.1 Å². The minimum Gasteiger partial charge on any atom is -0.336 e. The Morgan fingerprint density at radius 1 is 1.30 bits per heavy atom. The Morgan fingerprint density at radius 2 is 2.13 bits per heavy atom. The molecule has 1 unspecified atom stereocenters. The maximum atomic E-state index is 12.7. The van der Waals surface area contributed by atoms with Crippen LogP contribution in [0.4, 0.5) is 0 Å². The van der Waals surface area contributed by atoms with E-state index in [1.807, 2.05) is 17.5 Å². The molecule has 0 fully saturated rings. The van der Waals surface area contributed by atoms with Gasteiger partial charge in [-0.15, -0.1) is 0 Å². The average molecular weight is 325 g/mol. The van der Waals surface area contributed by atoms with Gasteiger partial charge < -0.3 is 4.90 Å². The lowest BCUT2D eigenvalue weighted by atomic mass is 9.87. The zero-order chi connectivity index (χ0) is 16.1. The average Bonchev–Trinajstić information content (AvgIpc) is 3.10. The van der Waals surface area contributed by atoms with E-state index in [2.05, 4.69) is 41.5 Å². The molecule has 0 saturated carbocycles. The van der Waals surface area contributed by atoms with Gasteiger partial charge in [-0.25, -0.2) is 0 Å². The first-order valence-electron chi connectivity index (χ1n) is 8.35. The molecule has 23 heavy (non-hydrogen) atoms. The maximum absolute atomic E-state index is 12.7. The summed E-state index contributed by atoms with van der Waals surface area (Å²) in [6, 6.07) is 11.0. The first-order valence-corrected chi connectivity index (χ1v) is 9.30. The van der Waals surface area contributed by atoms with Crippen molar-refractivity contribution < 1.29 is 4.79 Å². The van der Waals surface area contributed by atoms with Gasteiger partial charge in [0.1, 0.15) is 0 Å². The number of carbonyl (C=O) groups excluding carboxylic acids is 1. The first kappa shape index (κ1) is 16.0. The van der Waals surface area contributed by atoms with E-state index in [1.54, 1.807) is 17.4 Å². The molecule has 0 aliphatic heterocycles. The van der Waals surface area contributed by atoms with Gasteiger partial charge in [0.15, 0.2) is 0 Å². The van der Waals surface area contributed by atoms with Crippen molar-refractivity contribution in [2.45, 2.75) is 38.6 Å². The quantitative estimate of drug-likeness (QED) is 0.738. The number of hydrogen-bond acceptors (Lipinski definition) is 2. The Bertz CT molecular complexity index is 675. The van der Waals surface area contributed by atoms with Crippen molar-refractivity contribution in [2.24, 2.45) is 0 Å². The van der Waals surface area contributed by atoms with Crippen molar-refractivity contribution >= 4 is 23.3 Å². The lowest BCUT2D eigenvalue weighted by molar-refractivity contribution is -0.128. The number of aryl methyl sites for hydroxylation is 1. The van der Waals surface area contributed by atoms with Gasteiger partial charge in [-0.2, -0.15) is 11.3 Å². The molecule has 1 aliphatic rings. The van der Waals surface area contributed by atoms with Gasteiger partial charge in [-0.3, -0.25) is 4.79 Å². The highest BCUT2D eigenvalue weighted by Crippen LogP contribution is 2.25. The molecule has 0 bridgehead atoms. The van der Waals surface area contributed by atoms with Crippen LogP contribution in [0.5, 0.6) is 0 Å². The highest BCUT2D eigenvalue weighted by atomic mass is 32.1. The summed E-state index contributed by atoms with van der Waals surface area (Å²) in [5, 5.41) is 4.09. The molecule has 2 aromatic rings. The fraction of sp³-hybridized carbons (Fsp3) is 0.350. The predicted octanol–water partition coefficient (Wildman–Crippen LogP) is 4.56. The molecule has 1 atom stereocenters. The fourth-order valence-corrected chi connectivity index (χ4v) is 3.92. The largest absolute Gasteiger partial charge is 0.336 e. The summed E-state index contributed by atoms with van der Waals surface area (Å²) in [6.07, 6.45) is 7.78. The van der Waals surface area contributed by atoms with Gasteiger partial charge in [0.2, 0.25) is 5.91 Å². The Labute approximate surface area is 142 Å². The zero-order valence-electron chi connectivity index (χ0n) is 13.6. The third kappa shape index (κ3) is 3.91. The Balaban J connectivity index is 1.72. The molecule has 1 aromatic carbocycles. The van der Waals surface area contributed by atoms with E-state index in [0.717, 1.165) is 37.8 Å². The van der Waals surface area contributed by atoms with Crippen LogP contribution in [0.1, 0.15) is 36.5 Å². The number of hydrogen-bond donors (Lipinski definition) is 0. The molecule has 1 amide bonds. The van der Waals surface area contributed by atoms with Gasteiger partial charge in [-0.1, -0.05) is 31.2 Å². The highest BCUT2D eigenvalue weighted by Gasteiger charge is 2.25. The normalized spacial score (nSPS) is 17.2. The smallest absolute Gasteiger partial charge is 0.246 e. The molecule has 0 saturated heterocycles. The zero-order valence-corrected chi connectivity index (χ0v) is 14.4. The van der Waals surface area contributed by atoms with Gasteiger partial charge >= 0.3 is 0 Å². The summed E-state index contributed by atoms with van der Waals surface area (Å²) in [7, 11) is 0. The van der Waals surface area contributed by atoms with Crippen LogP contribution < -0.4 is 0 Å². The summed E-state index contributed by atoms with van der Waals surface area (Å²) in [6.45, 7) is 2.97. The lowest BCUT2D eigenvalue weighted by Crippen LogP contribution is -2.43. The van der Waals surface area contributed by atoms with Crippen LogP contribution in [0.2, 0.25) is 0 Å². The first-order chi connectivity index (χ1) is 11.3. The number of amides is 1. The minimum absolute atomic E-state index is 0.141. The van der Waals surface area contributed by atoms with E-state index >= 15 is 0 Å². The van der Waals surface area contributed by atoms with Crippen molar-refractivity contribution in [2.75, 3.05) is 6.54 Å². The van der Waals surface area contributed by atoms with Crippen LogP contribution in [-0.4, -0.2) is 23.4 Å². The molecule has 1 aliphatic carbocycles. The van der Waals surface area contributed by atoms with E-state index in [9.17, 15) is 4.79 Å². The van der Waals surface area contributed by atoms with Crippen molar-refractivity contribution in [3.63, 3.8) is 0 Å². The Morgan fingerprint density at radius 3 is 2.87 bits per heavy atom. The van der Waals surface area contributed by atoms with Crippen LogP contribution in [0.25, 0.3) is 6.08 Å². The SMILES string of the molecule is CCCN(C(=O)/C=C/c1ccsc1)C1CCc2ccccc2C1. The van der Waals surface area contributed by atoms with Gasteiger partial charge in [0, 0.05) is 18.7 Å². The summed E-state index contributed by atoms with van der Waals surface area (Å²) < 4.78 is 0. The van der Waals surface area contributed by atoms with Crippen LogP contribution in [0, 0.1) is 0 Å². The number of carbonyl (C=O) groups is 1. The topological polar surface area (TPSA) is 20.3 Å². The molecule has 120 valence electrons. The molecule has 3 heteroatoms. The van der Waals surface area contributed by atoms with Crippen molar-refractivity contribution in [3.8, 4) is 0 Å². The Hall–Kier alpha value is -1.87. The second-order valence-corrected chi connectivity index (χ2v) is 6.87. The van der Waals surface area contributed by atoms with Crippen molar-refractivity contribution in [1.82, 2.24) is 4.90 Å². The number of benzene rings is 1. The van der Waals surface area contributed by atoms with E-state index in [-0.39, 0.29) is 5.91 Å². The van der Waals surface area contributed by atoms with Crippen LogP contribution in [-0.2, 0) is 17.6 Å². The number of rotatable bonds is 5. The second kappa shape index (κ2) is 7.60. The van der Waals surface area contributed by atoms with Crippen LogP contribution >= 0.6 is 11.3 Å². The third-order valence-electron chi connectivity index (χ3n) is 4.47. The van der Waals surface area contributed by atoms with Crippen molar-refractivity contribution in [3.05, 3.63) is 63.9 Å². The molecule has 0 radical (unpaired) electrons. The molecule has 3 rings (SSSR count). The number of nitrogens with zero attached hydrogens (tertiary/aromatic N) is 1. The number of thiophene rings is 1. The van der Waals surface area contributed by atoms with Gasteiger partial charge in [-0.05, 0) is 65.3 Å². The predicted molar refractivity (Wildman–Crippen MR) is 97.6 cm³/mol. The minimum atomic E-state index is 0.141. The number of fused-ring (bicyclic) bond motifs is 1. The van der Waals surface area contributed by atoms with E-state index in [4.69, 9.17) is 0 Å². The third-order valence-corrected chi connectivity index (χ3v) is 5.17. The fourth-order valence-electron chi connectivity index (χ4n) is 3.29. The lowest BCUT2D eigenvalue weighted by Gasteiger charge is -2.34. The standard InChI is InChI=1S/C20H23NOS/c1-2-12-21(20(22)10-7-16-11-13-23-15-16)19-9-8-17-5-3-4-6-18(17)14-19/h3-7,10-11,13,15,19H,2,8-9,12,14H2,1H3/b10-7+. The molecular weight excluding hydrogens is 302 g/mol. The van der Waals surface area contributed by atoms with E-state index in [0.29, 0.717) is 6.04 Å². The summed E-state index contributed by atoms with van der Waals surface area (Å²) in [5.41, 5.74) is 3.95. The molecule has 0 N–H and O–H groups in total. The highest BCUT2D eigenvalue weighted by molar-refractivity contribution is 7.08. The second-order valence-electron chi connectivity index (χ2n) is 6.09. The van der Waals surface area contributed by atoms with Crippen molar-refractivity contribution in [1.29, 1.82) is 0 Å². The van der Waals surface area contributed by atoms with Crippen LogP contribution in [0.3, 0.4) is 0 Å². The molecule has 1 aromatic heterocycles. The molecule has 0 spiro atoms.